The van der Waals surface area contributed by atoms with E-state index in [4.69, 9.17) is 0 Å². The van der Waals surface area contributed by atoms with Crippen LogP contribution in [0.3, 0.4) is 0 Å². The highest BCUT2D eigenvalue weighted by molar-refractivity contribution is 9.10. The molecular weight excluding hydrogens is 339 g/mol. The molecule has 0 saturated carbocycles. The van der Waals surface area contributed by atoms with E-state index in [9.17, 15) is 14.0 Å². The summed E-state index contributed by atoms with van der Waals surface area (Å²) in [6.45, 7) is 7.08. The van der Waals surface area contributed by atoms with Crippen molar-refractivity contribution in [2.75, 3.05) is 4.90 Å². The third kappa shape index (κ3) is 2.81. The van der Waals surface area contributed by atoms with E-state index in [1.165, 1.54) is 23.1 Å². The first-order valence-corrected chi connectivity index (χ1v) is 7.55. The molecule has 1 saturated heterocycles. The van der Waals surface area contributed by atoms with E-state index in [0.29, 0.717) is 5.69 Å². The number of hydrogen-bond acceptors (Lipinski definition) is 2. The zero-order valence-corrected chi connectivity index (χ0v) is 14.0. The lowest BCUT2D eigenvalue weighted by atomic mass is 9.91. The number of halogens is 2. The van der Waals surface area contributed by atoms with Crippen molar-refractivity contribution in [1.29, 1.82) is 0 Å². The van der Waals surface area contributed by atoms with Crippen LogP contribution in [-0.2, 0) is 9.59 Å². The van der Waals surface area contributed by atoms with E-state index in [0.717, 1.165) is 0 Å². The zero-order chi connectivity index (χ0) is 15.9. The Morgan fingerprint density at radius 1 is 1.33 bits per heavy atom. The van der Waals surface area contributed by atoms with Crippen LogP contribution in [-0.4, -0.2) is 23.4 Å². The fourth-order valence-electron chi connectivity index (χ4n) is 2.49. The van der Waals surface area contributed by atoms with Gasteiger partial charge in [-0.2, -0.15) is 0 Å². The standard InChI is InChI=1S/C15H18BrFN2O2/c1-8(2)12-13(20)18-15(3,4)14(21)19(12)9-5-6-11(17)10(16)7-9/h5-8,12H,1-4H3,(H,18,20). The molecular formula is C15H18BrFN2O2. The highest BCUT2D eigenvalue weighted by Crippen LogP contribution is 2.31. The summed E-state index contributed by atoms with van der Waals surface area (Å²) in [4.78, 5) is 26.5. The molecule has 21 heavy (non-hydrogen) atoms. The molecule has 1 unspecified atom stereocenters. The van der Waals surface area contributed by atoms with Crippen molar-refractivity contribution in [3.05, 3.63) is 28.5 Å². The molecule has 4 nitrogen and oxygen atoms in total. The zero-order valence-electron chi connectivity index (χ0n) is 12.4. The summed E-state index contributed by atoms with van der Waals surface area (Å²) in [5.74, 6) is -0.878. The van der Waals surface area contributed by atoms with Crippen molar-refractivity contribution in [3.8, 4) is 0 Å². The lowest BCUT2D eigenvalue weighted by Crippen LogP contribution is -2.69. The number of carbonyl (C=O) groups excluding carboxylic acids is 2. The van der Waals surface area contributed by atoms with Crippen LogP contribution in [0.15, 0.2) is 22.7 Å². The van der Waals surface area contributed by atoms with E-state index >= 15 is 0 Å². The molecule has 2 amide bonds. The molecule has 0 aromatic heterocycles. The average Bonchev–Trinajstić information content (AvgIpc) is 2.36. The molecule has 0 bridgehead atoms. The number of piperazine rings is 1. The molecule has 1 aliphatic heterocycles. The van der Waals surface area contributed by atoms with Crippen LogP contribution in [0.5, 0.6) is 0 Å². The van der Waals surface area contributed by atoms with Gasteiger partial charge in [-0.05, 0) is 53.9 Å². The Balaban J connectivity index is 2.55. The van der Waals surface area contributed by atoms with Gasteiger partial charge >= 0.3 is 0 Å². The number of amides is 2. The van der Waals surface area contributed by atoms with Crippen LogP contribution in [0.2, 0.25) is 0 Å². The molecule has 0 aliphatic carbocycles. The molecule has 1 aromatic rings. The summed E-state index contributed by atoms with van der Waals surface area (Å²) in [5.41, 5.74) is -0.474. The van der Waals surface area contributed by atoms with Crippen molar-refractivity contribution < 1.29 is 14.0 Å². The first kappa shape index (κ1) is 15.9. The summed E-state index contributed by atoms with van der Waals surface area (Å²) in [6.07, 6.45) is 0. The normalized spacial score (nSPS) is 21.7. The van der Waals surface area contributed by atoms with Gasteiger partial charge in [-0.25, -0.2) is 4.39 Å². The number of carbonyl (C=O) groups is 2. The Morgan fingerprint density at radius 2 is 1.95 bits per heavy atom. The Bertz CT molecular complexity index is 601. The molecule has 6 heteroatoms. The van der Waals surface area contributed by atoms with Crippen molar-refractivity contribution in [1.82, 2.24) is 5.32 Å². The summed E-state index contributed by atoms with van der Waals surface area (Å²) >= 11 is 3.12. The number of benzene rings is 1. The number of rotatable bonds is 2. The average molecular weight is 357 g/mol. The molecule has 1 heterocycles. The Hall–Kier alpha value is -1.43. The molecule has 1 atom stereocenters. The first-order chi connectivity index (χ1) is 9.65. The Kier molecular flexibility index (Phi) is 4.10. The third-order valence-corrected chi connectivity index (χ3v) is 4.16. The second-order valence-electron chi connectivity index (χ2n) is 6.08. The molecule has 1 aliphatic rings. The van der Waals surface area contributed by atoms with E-state index < -0.39 is 17.4 Å². The van der Waals surface area contributed by atoms with Gasteiger partial charge in [0.1, 0.15) is 17.4 Å². The van der Waals surface area contributed by atoms with Crippen LogP contribution in [0.1, 0.15) is 27.7 Å². The third-order valence-electron chi connectivity index (χ3n) is 3.55. The molecule has 1 N–H and O–H groups in total. The van der Waals surface area contributed by atoms with Gasteiger partial charge in [0, 0.05) is 5.69 Å². The minimum atomic E-state index is -0.983. The number of hydrogen-bond donors (Lipinski definition) is 1. The smallest absolute Gasteiger partial charge is 0.252 e. The molecule has 114 valence electrons. The van der Waals surface area contributed by atoms with Crippen LogP contribution in [0, 0.1) is 11.7 Å². The van der Waals surface area contributed by atoms with Gasteiger partial charge < -0.3 is 5.32 Å². The van der Waals surface area contributed by atoms with Gasteiger partial charge in [0.05, 0.1) is 4.47 Å². The number of nitrogens with zero attached hydrogens (tertiary/aromatic N) is 1. The fourth-order valence-corrected chi connectivity index (χ4v) is 2.86. The Labute approximate surface area is 131 Å². The SMILES string of the molecule is CC(C)C1C(=O)NC(C)(C)C(=O)N1c1ccc(F)c(Br)c1. The van der Waals surface area contributed by atoms with Crippen LogP contribution in [0.25, 0.3) is 0 Å². The van der Waals surface area contributed by atoms with Crippen molar-refractivity contribution in [2.45, 2.75) is 39.3 Å². The van der Waals surface area contributed by atoms with Gasteiger partial charge in [0.25, 0.3) is 5.91 Å². The van der Waals surface area contributed by atoms with Crippen molar-refractivity contribution in [2.24, 2.45) is 5.92 Å². The van der Waals surface area contributed by atoms with E-state index in [-0.39, 0.29) is 22.2 Å². The summed E-state index contributed by atoms with van der Waals surface area (Å²) < 4.78 is 13.7. The topological polar surface area (TPSA) is 49.4 Å². The lowest BCUT2D eigenvalue weighted by molar-refractivity contribution is -0.138. The lowest BCUT2D eigenvalue weighted by Gasteiger charge is -2.44. The summed E-state index contributed by atoms with van der Waals surface area (Å²) in [6, 6.07) is 3.71. The maximum Gasteiger partial charge on any atom is 0.252 e. The number of anilines is 1. The first-order valence-electron chi connectivity index (χ1n) is 6.76. The van der Waals surface area contributed by atoms with Crippen molar-refractivity contribution in [3.63, 3.8) is 0 Å². The van der Waals surface area contributed by atoms with Crippen LogP contribution < -0.4 is 10.2 Å². The van der Waals surface area contributed by atoms with Gasteiger partial charge in [-0.3, -0.25) is 14.5 Å². The summed E-state index contributed by atoms with van der Waals surface area (Å²) in [5, 5.41) is 2.75. The minimum absolute atomic E-state index is 0.0612. The second-order valence-corrected chi connectivity index (χ2v) is 6.93. The van der Waals surface area contributed by atoms with E-state index in [2.05, 4.69) is 21.2 Å². The highest BCUT2D eigenvalue weighted by Gasteiger charge is 2.47. The van der Waals surface area contributed by atoms with Crippen molar-refractivity contribution >= 4 is 33.4 Å². The molecule has 1 fully saturated rings. The quantitative estimate of drug-likeness (QED) is 0.885. The monoisotopic (exact) mass is 356 g/mol. The largest absolute Gasteiger partial charge is 0.340 e. The van der Waals surface area contributed by atoms with Gasteiger partial charge in [0.15, 0.2) is 0 Å². The number of nitrogens with one attached hydrogen (secondary N) is 1. The van der Waals surface area contributed by atoms with Gasteiger partial charge in [-0.15, -0.1) is 0 Å². The van der Waals surface area contributed by atoms with Gasteiger partial charge in [0.2, 0.25) is 5.91 Å². The highest BCUT2D eigenvalue weighted by atomic mass is 79.9. The maximum atomic E-state index is 13.4. The molecule has 0 radical (unpaired) electrons. The van der Waals surface area contributed by atoms with E-state index in [1.807, 2.05) is 13.8 Å². The summed E-state index contributed by atoms with van der Waals surface area (Å²) in [7, 11) is 0. The molecule has 0 spiro atoms. The van der Waals surface area contributed by atoms with Gasteiger partial charge in [-0.1, -0.05) is 13.8 Å². The molecule has 1 aromatic carbocycles. The molecule has 2 rings (SSSR count). The van der Waals surface area contributed by atoms with E-state index in [1.54, 1.807) is 13.8 Å². The minimum Gasteiger partial charge on any atom is -0.340 e. The predicted octanol–water partition coefficient (Wildman–Crippen LogP) is 2.85. The second kappa shape index (κ2) is 5.40. The Morgan fingerprint density at radius 3 is 2.48 bits per heavy atom. The fraction of sp³-hybridized carbons (Fsp3) is 0.467. The predicted molar refractivity (Wildman–Crippen MR) is 82.4 cm³/mol. The van der Waals surface area contributed by atoms with Crippen LogP contribution >= 0.6 is 15.9 Å². The van der Waals surface area contributed by atoms with Crippen LogP contribution in [0.4, 0.5) is 10.1 Å². The maximum absolute atomic E-state index is 13.4.